The van der Waals surface area contributed by atoms with Crippen LogP contribution in [-0.4, -0.2) is 26.8 Å². The lowest BCUT2D eigenvalue weighted by atomic mass is 9.76. The zero-order valence-corrected chi connectivity index (χ0v) is 22.7. The molecule has 2 aromatic carbocycles. The molecule has 0 bridgehead atoms. The molecule has 3 aromatic rings. The number of hydrogen-bond acceptors (Lipinski definition) is 6. The number of furan rings is 1. The summed E-state index contributed by atoms with van der Waals surface area (Å²) in [6, 6.07) is 11.5. The lowest BCUT2D eigenvalue weighted by Gasteiger charge is -2.40. The topological polar surface area (TPSA) is 90.7 Å². The molecule has 0 spiro atoms. The van der Waals surface area contributed by atoms with Gasteiger partial charge < -0.3 is 9.15 Å². The van der Waals surface area contributed by atoms with Gasteiger partial charge >= 0.3 is 5.97 Å². The van der Waals surface area contributed by atoms with Crippen molar-refractivity contribution in [1.29, 1.82) is 0 Å². The van der Waals surface area contributed by atoms with E-state index in [4.69, 9.17) is 20.8 Å². The zero-order chi connectivity index (χ0) is 28.2. The first kappa shape index (κ1) is 28.7. The van der Waals surface area contributed by atoms with Gasteiger partial charge in [0.1, 0.15) is 22.1 Å². The molecule has 0 N–H and O–H groups in total. The fourth-order valence-electron chi connectivity index (χ4n) is 5.01. The third kappa shape index (κ3) is 6.15. The van der Waals surface area contributed by atoms with Gasteiger partial charge in [0.15, 0.2) is 21.4 Å². The number of rotatable bonds is 9. The highest BCUT2D eigenvalue weighted by molar-refractivity contribution is 7.92. The summed E-state index contributed by atoms with van der Waals surface area (Å²) in [5.41, 5.74) is -0.216. The first-order chi connectivity index (χ1) is 18.6. The average molecular weight is 577 g/mol. The second-order valence-corrected chi connectivity index (χ2v) is 12.1. The monoisotopic (exact) mass is 576 g/mol. The van der Waals surface area contributed by atoms with Crippen molar-refractivity contribution >= 4 is 39.3 Å². The van der Waals surface area contributed by atoms with Crippen molar-refractivity contribution in [3.8, 4) is 0 Å². The zero-order valence-electron chi connectivity index (χ0n) is 21.2. The number of hydrogen-bond donors (Lipinski definition) is 0. The maximum atomic E-state index is 15.0. The van der Waals surface area contributed by atoms with Crippen molar-refractivity contribution < 1.29 is 35.9 Å². The molecule has 1 aliphatic rings. The fourth-order valence-corrected chi connectivity index (χ4v) is 7.30. The van der Waals surface area contributed by atoms with Gasteiger partial charge in [-0.05, 0) is 99.2 Å². The quantitative estimate of drug-likeness (QED) is 0.156. The Balaban J connectivity index is 1.54. The molecule has 1 saturated carbocycles. The molecule has 0 amide bonds. The first-order valence-electron chi connectivity index (χ1n) is 12.5. The van der Waals surface area contributed by atoms with Crippen molar-refractivity contribution in [3.63, 3.8) is 0 Å². The van der Waals surface area contributed by atoms with Crippen LogP contribution in [0.3, 0.4) is 0 Å². The summed E-state index contributed by atoms with van der Waals surface area (Å²) < 4.78 is 65.8. The molecule has 0 atom stereocenters. The lowest BCUT2D eigenvalue weighted by molar-refractivity contribution is -0.137. The summed E-state index contributed by atoms with van der Waals surface area (Å²) in [6.07, 6.45) is 3.29. The largest absolute Gasteiger partial charge is 0.463 e. The molecule has 6 nitrogen and oxygen atoms in total. The Morgan fingerprint density at radius 1 is 1.08 bits per heavy atom. The average Bonchev–Trinajstić information content (AvgIpc) is 3.39. The molecule has 0 unspecified atom stereocenters. The minimum Gasteiger partial charge on any atom is -0.463 e. The molecule has 1 fully saturated rings. The van der Waals surface area contributed by atoms with Gasteiger partial charge in [-0.3, -0.25) is 4.79 Å². The van der Waals surface area contributed by atoms with Crippen molar-refractivity contribution in [2.45, 2.75) is 48.7 Å². The van der Waals surface area contributed by atoms with Crippen molar-refractivity contribution in [3.05, 3.63) is 94.4 Å². The highest BCUT2D eigenvalue weighted by atomic mass is 35.5. The Hall–Kier alpha value is -3.30. The normalized spacial score (nSPS) is 19.7. The van der Waals surface area contributed by atoms with Crippen LogP contribution in [0.2, 0.25) is 5.02 Å². The van der Waals surface area contributed by atoms with Gasteiger partial charge in [-0.2, -0.15) is 0 Å². The standard InChI is InChI=1S/C29H27ClF2O6S/c1-2-37-28(34)12-7-22-6-11-27(38-22)26(33)17-19-13-15-29(16-14-19,24-18-21(31)5-10-25(24)32)39(35,36)23-8-3-20(30)4-9-23/h3-12,18-19H,2,13-17H2,1H3. The first-order valence-corrected chi connectivity index (χ1v) is 14.4. The van der Waals surface area contributed by atoms with Crippen molar-refractivity contribution in [2.24, 2.45) is 5.92 Å². The maximum absolute atomic E-state index is 15.0. The number of ketones is 1. The van der Waals surface area contributed by atoms with E-state index in [2.05, 4.69) is 0 Å². The minimum absolute atomic E-state index is 0.00195. The molecule has 1 aliphatic carbocycles. The molecule has 0 aliphatic heterocycles. The maximum Gasteiger partial charge on any atom is 0.330 e. The third-order valence-electron chi connectivity index (χ3n) is 7.02. The Morgan fingerprint density at radius 3 is 2.44 bits per heavy atom. The van der Waals surface area contributed by atoms with Gasteiger partial charge in [0, 0.05) is 23.1 Å². The SMILES string of the molecule is CCOC(=O)C=Cc1ccc(C(=O)CC2CCC(c3cc(F)ccc3F)(S(=O)(=O)c3ccc(Cl)cc3)CC2)o1. The number of sulfone groups is 1. The van der Waals surface area contributed by atoms with Crippen molar-refractivity contribution in [1.82, 2.24) is 0 Å². The van der Waals surface area contributed by atoms with Crippen LogP contribution in [0.15, 0.2) is 70.0 Å². The van der Waals surface area contributed by atoms with E-state index in [0.717, 1.165) is 18.2 Å². The second-order valence-electron chi connectivity index (χ2n) is 9.43. The number of ether oxygens (including phenoxy) is 1. The van der Waals surface area contributed by atoms with Gasteiger partial charge in [-0.25, -0.2) is 22.0 Å². The van der Waals surface area contributed by atoms with Crippen molar-refractivity contribution in [2.75, 3.05) is 6.61 Å². The Bertz CT molecular complexity index is 1490. The molecule has 0 saturated heterocycles. The Labute approximate surface area is 230 Å². The molecule has 4 rings (SSSR count). The molecule has 39 heavy (non-hydrogen) atoms. The van der Waals surface area contributed by atoms with Crippen LogP contribution in [0, 0.1) is 17.6 Å². The van der Waals surface area contributed by atoms with E-state index >= 15 is 4.39 Å². The molecule has 1 heterocycles. The minimum atomic E-state index is -4.17. The molecular formula is C29H27ClF2O6S. The van der Waals surface area contributed by atoms with Crippen LogP contribution in [0.1, 0.15) is 60.9 Å². The Kier molecular flexibility index (Phi) is 8.71. The number of benzene rings is 2. The molecule has 0 radical (unpaired) electrons. The third-order valence-corrected chi connectivity index (χ3v) is 9.82. The summed E-state index contributed by atoms with van der Waals surface area (Å²) >= 11 is 5.94. The van der Waals surface area contributed by atoms with E-state index in [-0.39, 0.29) is 53.8 Å². The highest BCUT2D eigenvalue weighted by Gasteiger charge is 2.50. The smallest absolute Gasteiger partial charge is 0.330 e. The fraction of sp³-hybridized carbons (Fsp3) is 0.310. The van der Waals surface area contributed by atoms with Gasteiger partial charge in [-0.1, -0.05) is 11.6 Å². The summed E-state index contributed by atoms with van der Waals surface area (Å²) in [5, 5.41) is 0.347. The predicted octanol–water partition coefficient (Wildman–Crippen LogP) is 6.92. The van der Waals surface area contributed by atoms with Crippen LogP contribution < -0.4 is 0 Å². The van der Waals surface area contributed by atoms with E-state index < -0.39 is 32.2 Å². The Morgan fingerprint density at radius 2 is 1.77 bits per heavy atom. The van der Waals surface area contributed by atoms with Crippen LogP contribution in [0.4, 0.5) is 8.78 Å². The number of halogens is 3. The van der Waals surface area contributed by atoms with Crippen LogP contribution in [0.5, 0.6) is 0 Å². The lowest BCUT2D eigenvalue weighted by Crippen LogP contribution is -2.41. The van der Waals surface area contributed by atoms with Crippen LogP contribution in [-0.2, 0) is 24.1 Å². The highest BCUT2D eigenvalue weighted by Crippen LogP contribution is 2.50. The second kappa shape index (κ2) is 11.8. The number of carbonyl (C=O) groups excluding carboxylic acids is 2. The molecule has 206 valence electrons. The molecule has 10 heteroatoms. The number of Topliss-reactive ketones (excluding diaryl/α,β-unsaturated/α-hetero) is 1. The van der Waals surface area contributed by atoms with Gasteiger partial charge in [0.25, 0.3) is 0 Å². The summed E-state index contributed by atoms with van der Waals surface area (Å²) in [6.45, 7) is 1.92. The van der Waals surface area contributed by atoms with Gasteiger partial charge in [0.05, 0.1) is 11.5 Å². The van der Waals surface area contributed by atoms with E-state index in [9.17, 15) is 22.4 Å². The van der Waals surface area contributed by atoms with E-state index in [1.165, 1.54) is 42.5 Å². The molecular weight excluding hydrogens is 550 g/mol. The predicted molar refractivity (Wildman–Crippen MR) is 142 cm³/mol. The summed E-state index contributed by atoms with van der Waals surface area (Å²) in [4.78, 5) is 24.3. The molecule has 1 aromatic heterocycles. The summed E-state index contributed by atoms with van der Waals surface area (Å²) in [7, 11) is -4.17. The van der Waals surface area contributed by atoms with E-state index in [1.54, 1.807) is 13.0 Å². The van der Waals surface area contributed by atoms with E-state index in [0.29, 0.717) is 23.6 Å². The van der Waals surface area contributed by atoms with Crippen LogP contribution in [0.25, 0.3) is 6.08 Å². The van der Waals surface area contributed by atoms with E-state index in [1.807, 2.05) is 0 Å². The van der Waals surface area contributed by atoms with Crippen LogP contribution >= 0.6 is 11.6 Å². The number of carbonyl (C=O) groups is 2. The summed E-state index contributed by atoms with van der Waals surface area (Å²) in [5.74, 6) is -2.12. The number of esters is 1. The van der Waals surface area contributed by atoms with Gasteiger partial charge in [-0.15, -0.1) is 0 Å². The van der Waals surface area contributed by atoms with Gasteiger partial charge in [0.2, 0.25) is 0 Å².